The van der Waals surface area contributed by atoms with Gasteiger partial charge in [-0.05, 0) is 44.0 Å². The predicted octanol–water partition coefficient (Wildman–Crippen LogP) is 2.53. The van der Waals surface area contributed by atoms with Crippen molar-refractivity contribution >= 4 is 33.7 Å². The van der Waals surface area contributed by atoms with E-state index in [0.717, 1.165) is 16.9 Å². The fourth-order valence-electron chi connectivity index (χ4n) is 2.42. The number of Topliss-reactive ketones (excluding diaryl/α,β-unsaturated/α-hetero) is 1. The van der Waals surface area contributed by atoms with Gasteiger partial charge in [0.25, 0.3) is 5.91 Å². The number of halogens is 1. The van der Waals surface area contributed by atoms with Crippen LogP contribution in [0.4, 0.5) is 15.1 Å². The van der Waals surface area contributed by atoms with Crippen LogP contribution in [0.15, 0.2) is 18.2 Å². The number of ketones is 1. The van der Waals surface area contributed by atoms with Crippen LogP contribution in [0.5, 0.6) is 0 Å². The van der Waals surface area contributed by atoms with Crippen molar-refractivity contribution in [3.63, 3.8) is 0 Å². The Hall–Kier alpha value is -2.29. The second kappa shape index (κ2) is 8.39. The highest BCUT2D eigenvalue weighted by atomic mass is 32.1. The van der Waals surface area contributed by atoms with Crippen LogP contribution in [0.2, 0.25) is 0 Å². The first kappa shape index (κ1) is 20.0. The van der Waals surface area contributed by atoms with Gasteiger partial charge >= 0.3 is 0 Å². The Morgan fingerprint density at radius 1 is 1.31 bits per heavy atom. The maximum atomic E-state index is 14.1. The highest BCUT2D eigenvalue weighted by molar-refractivity contribution is 7.18. The lowest BCUT2D eigenvalue weighted by Crippen LogP contribution is -2.34. The SMILES string of the molecule is CC(=O)c1sc(Nc2ccc(C)cc2F)c(C(=O)NCC(O)CO)c1C. The summed E-state index contributed by atoms with van der Waals surface area (Å²) in [5, 5.41) is 24.0. The number of hydrogen-bond donors (Lipinski definition) is 4. The van der Waals surface area contributed by atoms with E-state index in [2.05, 4.69) is 10.6 Å². The molecule has 1 aromatic carbocycles. The van der Waals surface area contributed by atoms with Crippen LogP contribution in [-0.4, -0.2) is 41.2 Å². The molecule has 4 N–H and O–H groups in total. The molecular formula is C18H21FN2O4S. The molecule has 0 saturated heterocycles. The minimum Gasteiger partial charge on any atom is -0.394 e. The maximum absolute atomic E-state index is 14.1. The van der Waals surface area contributed by atoms with Gasteiger partial charge in [-0.1, -0.05) is 6.07 Å². The number of aliphatic hydroxyl groups excluding tert-OH is 2. The number of hydrogen-bond acceptors (Lipinski definition) is 6. The van der Waals surface area contributed by atoms with Gasteiger partial charge in [0.05, 0.1) is 28.8 Å². The quantitative estimate of drug-likeness (QED) is 0.554. The summed E-state index contributed by atoms with van der Waals surface area (Å²) in [5.74, 6) is -1.19. The lowest BCUT2D eigenvalue weighted by molar-refractivity contribution is 0.0802. The highest BCUT2D eigenvalue weighted by Gasteiger charge is 2.24. The van der Waals surface area contributed by atoms with Crippen molar-refractivity contribution in [2.75, 3.05) is 18.5 Å². The molecule has 26 heavy (non-hydrogen) atoms. The van der Waals surface area contributed by atoms with Gasteiger partial charge in [0.2, 0.25) is 0 Å². The van der Waals surface area contributed by atoms with Gasteiger partial charge < -0.3 is 20.8 Å². The Morgan fingerprint density at radius 2 is 2.00 bits per heavy atom. The van der Waals surface area contributed by atoms with E-state index in [1.54, 1.807) is 26.0 Å². The molecule has 1 atom stereocenters. The molecule has 6 nitrogen and oxygen atoms in total. The number of aryl methyl sites for hydroxylation is 1. The summed E-state index contributed by atoms with van der Waals surface area (Å²) in [5.41, 5.74) is 1.64. The average molecular weight is 380 g/mol. The Labute approximate surface area is 154 Å². The number of carbonyl (C=O) groups is 2. The van der Waals surface area contributed by atoms with E-state index >= 15 is 0 Å². The monoisotopic (exact) mass is 380 g/mol. The Balaban J connectivity index is 2.39. The van der Waals surface area contributed by atoms with Crippen molar-refractivity contribution in [3.8, 4) is 0 Å². The van der Waals surface area contributed by atoms with Gasteiger partial charge in [-0.15, -0.1) is 11.3 Å². The third-order valence-corrected chi connectivity index (χ3v) is 5.08. The number of anilines is 2. The molecule has 8 heteroatoms. The molecule has 1 unspecified atom stereocenters. The zero-order chi connectivity index (χ0) is 19.4. The van der Waals surface area contributed by atoms with E-state index in [1.807, 2.05) is 0 Å². The molecule has 0 radical (unpaired) electrons. The molecular weight excluding hydrogens is 359 g/mol. The van der Waals surface area contributed by atoms with Gasteiger partial charge in [0, 0.05) is 6.54 Å². The van der Waals surface area contributed by atoms with E-state index < -0.39 is 24.4 Å². The van der Waals surface area contributed by atoms with Crippen molar-refractivity contribution in [3.05, 3.63) is 45.6 Å². The smallest absolute Gasteiger partial charge is 0.254 e. The molecule has 1 heterocycles. The molecule has 1 amide bonds. The van der Waals surface area contributed by atoms with Crippen molar-refractivity contribution < 1.29 is 24.2 Å². The van der Waals surface area contributed by atoms with Crippen LogP contribution in [0.3, 0.4) is 0 Å². The van der Waals surface area contributed by atoms with E-state index in [0.29, 0.717) is 15.4 Å². The Morgan fingerprint density at radius 3 is 2.58 bits per heavy atom. The zero-order valence-electron chi connectivity index (χ0n) is 14.7. The normalized spacial score (nSPS) is 11.9. The molecule has 0 aliphatic heterocycles. The van der Waals surface area contributed by atoms with Gasteiger partial charge in [-0.25, -0.2) is 4.39 Å². The molecule has 0 spiro atoms. The van der Waals surface area contributed by atoms with E-state index in [4.69, 9.17) is 5.11 Å². The second-order valence-corrected chi connectivity index (χ2v) is 6.99. The fraction of sp³-hybridized carbons (Fsp3) is 0.333. The number of amides is 1. The van der Waals surface area contributed by atoms with Crippen LogP contribution < -0.4 is 10.6 Å². The zero-order valence-corrected chi connectivity index (χ0v) is 15.5. The summed E-state index contributed by atoms with van der Waals surface area (Å²) >= 11 is 1.07. The lowest BCUT2D eigenvalue weighted by atomic mass is 10.1. The predicted molar refractivity (Wildman–Crippen MR) is 98.9 cm³/mol. The van der Waals surface area contributed by atoms with Gasteiger partial charge in [0.15, 0.2) is 5.78 Å². The fourth-order valence-corrected chi connectivity index (χ4v) is 3.53. The summed E-state index contributed by atoms with van der Waals surface area (Å²) in [6.07, 6.45) is -1.09. The van der Waals surface area contributed by atoms with Crippen LogP contribution in [-0.2, 0) is 0 Å². The van der Waals surface area contributed by atoms with E-state index in [9.17, 15) is 19.1 Å². The standard InChI is InChI=1S/C18H21FN2O4S/c1-9-4-5-14(13(19)6-9)21-18-15(10(2)16(26-18)11(3)23)17(25)20-7-12(24)8-22/h4-6,12,21-22,24H,7-8H2,1-3H3,(H,20,25). The van der Waals surface area contributed by atoms with Crippen molar-refractivity contribution in [2.24, 2.45) is 0 Å². The molecule has 1 aromatic heterocycles. The van der Waals surface area contributed by atoms with Crippen molar-refractivity contribution in [1.82, 2.24) is 5.32 Å². The summed E-state index contributed by atoms with van der Waals surface area (Å²) in [6.45, 7) is 4.18. The topological polar surface area (TPSA) is 98.7 Å². The summed E-state index contributed by atoms with van der Waals surface area (Å²) < 4.78 is 14.1. The first-order valence-electron chi connectivity index (χ1n) is 7.99. The average Bonchev–Trinajstić information content (AvgIpc) is 2.91. The number of carbonyl (C=O) groups excluding carboxylic acids is 2. The number of benzene rings is 1. The molecule has 0 aliphatic carbocycles. The third kappa shape index (κ3) is 4.46. The minimum absolute atomic E-state index is 0.141. The van der Waals surface area contributed by atoms with Gasteiger partial charge in [0.1, 0.15) is 10.8 Å². The molecule has 0 saturated carbocycles. The molecule has 140 valence electrons. The van der Waals surface area contributed by atoms with E-state index in [1.165, 1.54) is 13.0 Å². The van der Waals surface area contributed by atoms with Crippen LogP contribution in [0.1, 0.15) is 38.1 Å². The second-order valence-electron chi connectivity index (χ2n) is 5.97. The van der Waals surface area contributed by atoms with Crippen LogP contribution in [0, 0.1) is 19.7 Å². The van der Waals surface area contributed by atoms with Crippen molar-refractivity contribution in [1.29, 1.82) is 0 Å². The third-order valence-electron chi connectivity index (χ3n) is 3.78. The highest BCUT2D eigenvalue weighted by Crippen LogP contribution is 2.36. The van der Waals surface area contributed by atoms with Gasteiger partial charge in [-0.2, -0.15) is 0 Å². The summed E-state index contributed by atoms with van der Waals surface area (Å²) in [4.78, 5) is 24.8. The van der Waals surface area contributed by atoms with E-state index in [-0.39, 0.29) is 23.6 Å². The molecule has 2 rings (SSSR count). The van der Waals surface area contributed by atoms with Crippen LogP contribution in [0.25, 0.3) is 0 Å². The molecule has 0 fully saturated rings. The number of nitrogens with one attached hydrogen (secondary N) is 2. The first-order chi connectivity index (χ1) is 12.2. The molecule has 2 aromatic rings. The largest absolute Gasteiger partial charge is 0.394 e. The molecule has 0 aliphatic rings. The number of thiophene rings is 1. The molecule has 0 bridgehead atoms. The Bertz CT molecular complexity index is 835. The summed E-state index contributed by atoms with van der Waals surface area (Å²) in [6, 6.07) is 4.66. The maximum Gasteiger partial charge on any atom is 0.254 e. The van der Waals surface area contributed by atoms with Crippen molar-refractivity contribution in [2.45, 2.75) is 26.9 Å². The first-order valence-corrected chi connectivity index (χ1v) is 8.80. The Kier molecular flexibility index (Phi) is 6.47. The number of aliphatic hydroxyl groups is 2. The number of rotatable bonds is 7. The lowest BCUT2D eigenvalue weighted by Gasteiger charge is -2.12. The van der Waals surface area contributed by atoms with Gasteiger partial charge in [-0.3, -0.25) is 9.59 Å². The van der Waals surface area contributed by atoms with Crippen LogP contribution >= 0.6 is 11.3 Å². The summed E-state index contributed by atoms with van der Waals surface area (Å²) in [7, 11) is 0. The minimum atomic E-state index is -1.09.